The molecule has 13 heteroatoms. The monoisotopic (exact) mass is 539 g/mol. The standard InChI is InChI=1S/C27H19F2N9O2/c1-14-5-23(36-24-8-19(9-30)40-38-24)37-26(35-14)17-6-21(29)25(33-12-17)27(39)34-11-16-3-4-22(32-10-16)20-7-18(28)13-31-15(20)2/h3-8,10,12-13H,11H2,1-2H3,(H,34,39)(H,35,36,37,38). The zero-order chi connectivity index (χ0) is 28.2. The van der Waals surface area contributed by atoms with E-state index in [1.54, 1.807) is 32.0 Å². The van der Waals surface area contributed by atoms with Gasteiger partial charge in [-0.3, -0.25) is 14.8 Å². The van der Waals surface area contributed by atoms with E-state index in [2.05, 4.69) is 40.7 Å². The molecule has 0 fully saturated rings. The van der Waals surface area contributed by atoms with E-state index in [0.717, 1.165) is 12.3 Å². The summed E-state index contributed by atoms with van der Waals surface area (Å²) in [7, 11) is 0. The summed E-state index contributed by atoms with van der Waals surface area (Å²) in [5, 5.41) is 18.1. The maximum atomic E-state index is 14.9. The molecule has 0 radical (unpaired) electrons. The fraction of sp³-hybridized carbons (Fsp3) is 0.111. The first kappa shape index (κ1) is 26.0. The third-order valence-corrected chi connectivity index (χ3v) is 5.65. The average Bonchev–Trinajstić information content (AvgIpc) is 3.40. The molecule has 0 saturated carbocycles. The Morgan fingerprint density at radius 2 is 1.85 bits per heavy atom. The van der Waals surface area contributed by atoms with Crippen molar-refractivity contribution in [2.45, 2.75) is 20.4 Å². The molecule has 0 aliphatic rings. The lowest BCUT2D eigenvalue weighted by atomic mass is 10.1. The maximum absolute atomic E-state index is 14.9. The summed E-state index contributed by atoms with van der Waals surface area (Å²) >= 11 is 0. The molecule has 0 saturated heterocycles. The van der Waals surface area contributed by atoms with Gasteiger partial charge in [-0.25, -0.2) is 23.7 Å². The van der Waals surface area contributed by atoms with E-state index in [-0.39, 0.29) is 29.5 Å². The van der Waals surface area contributed by atoms with Crippen LogP contribution >= 0.6 is 0 Å². The van der Waals surface area contributed by atoms with E-state index in [0.29, 0.717) is 34.0 Å². The summed E-state index contributed by atoms with van der Waals surface area (Å²) in [6.07, 6.45) is 3.97. The first-order valence-electron chi connectivity index (χ1n) is 11.8. The summed E-state index contributed by atoms with van der Waals surface area (Å²) < 4.78 is 33.3. The smallest absolute Gasteiger partial charge is 0.273 e. The number of hydrogen-bond acceptors (Lipinski definition) is 10. The van der Waals surface area contributed by atoms with Crippen LogP contribution in [0.15, 0.2) is 59.5 Å². The summed E-state index contributed by atoms with van der Waals surface area (Å²) in [4.78, 5) is 33.6. The summed E-state index contributed by atoms with van der Waals surface area (Å²) in [5.74, 6) is -1.24. The molecule has 2 N–H and O–H groups in total. The van der Waals surface area contributed by atoms with Gasteiger partial charge in [-0.2, -0.15) is 5.26 Å². The number of carbonyl (C=O) groups excluding carboxylic acids is 1. The molecular formula is C27H19F2N9O2. The lowest BCUT2D eigenvalue weighted by molar-refractivity contribution is 0.0941. The van der Waals surface area contributed by atoms with Crippen molar-refractivity contribution in [2.75, 3.05) is 5.32 Å². The summed E-state index contributed by atoms with van der Waals surface area (Å²) in [5.41, 5.74) is 2.81. The van der Waals surface area contributed by atoms with Gasteiger partial charge in [-0.05, 0) is 37.6 Å². The second-order valence-corrected chi connectivity index (χ2v) is 8.61. The molecule has 11 nitrogen and oxygen atoms in total. The minimum Gasteiger partial charge on any atom is -0.346 e. The van der Waals surface area contributed by atoms with Crippen LogP contribution < -0.4 is 10.6 Å². The van der Waals surface area contributed by atoms with Crippen molar-refractivity contribution in [3.05, 3.63) is 95.0 Å². The van der Waals surface area contributed by atoms with Gasteiger partial charge in [-0.15, -0.1) is 0 Å². The first-order valence-corrected chi connectivity index (χ1v) is 11.8. The Kier molecular flexibility index (Phi) is 7.14. The van der Waals surface area contributed by atoms with E-state index in [1.165, 1.54) is 24.5 Å². The molecule has 5 rings (SSSR count). The molecular weight excluding hydrogens is 520 g/mol. The van der Waals surface area contributed by atoms with E-state index >= 15 is 0 Å². The van der Waals surface area contributed by atoms with Gasteiger partial charge in [0, 0.05) is 53.6 Å². The molecule has 0 bridgehead atoms. The topological polar surface area (TPSA) is 155 Å². The largest absolute Gasteiger partial charge is 0.346 e. The number of rotatable bonds is 7. The minimum absolute atomic E-state index is 0.0263. The summed E-state index contributed by atoms with van der Waals surface area (Å²) in [6.45, 7) is 3.55. The zero-order valence-electron chi connectivity index (χ0n) is 21.1. The number of nitrogens with one attached hydrogen (secondary N) is 2. The fourth-order valence-corrected chi connectivity index (χ4v) is 3.73. The van der Waals surface area contributed by atoms with E-state index in [9.17, 15) is 13.6 Å². The van der Waals surface area contributed by atoms with Gasteiger partial charge in [0.2, 0.25) is 5.76 Å². The Balaban J connectivity index is 1.27. The molecule has 40 heavy (non-hydrogen) atoms. The Labute approximate surface area is 226 Å². The molecule has 0 aliphatic heterocycles. The van der Waals surface area contributed by atoms with Crippen molar-refractivity contribution in [1.82, 2.24) is 35.4 Å². The normalized spacial score (nSPS) is 10.7. The van der Waals surface area contributed by atoms with Crippen LogP contribution in [0.2, 0.25) is 0 Å². The molecule has 0 unspecified atom stereocenters. The number of aromatic nitrogens is 6. The molecule has 0 aromatic carbocycles. The first-order chi connectivity index (χ1) is 19.3. The Morgan fingerprint density at radius 1 is 1.00 bits per heavy atom. The predicted molar refractivity (Wildman–Crippen MR) is 138 cm³/mol. The van der Waals surface area contributed by atoms with Crippen LogP contribution in [0.4, 0.5) is 20.4 Å². The third kappa shape index (κ3) is 5.76. The van der Waals surface area contributed by atoms with Crippen molar-refractivity contribution >= 4 is 17.5 Å². The Bertz CT molecular complexity index is 1770. The molecule has 5 aromatic rings. The number of aryl methyl sites for hydroxylation is 2. The van der Waals surface area contributed by atoms with Crippen LogP contribution in [0.25, 0.3) is 22.6 Å². The van der Waals surface area contributed by atoms with Crippen molar-refractivity contribution in [3.8, 4) is 28.7 Å². The number of halogens is 2. The third-order valence-electron chi connectivity index (χ3n) is 5.65. The molecule has 5 aromatic heterocycles. The van der Waals surface area contributed by atoms with E-state index < -0.39 is 23.2 Å². The predicted octanol–water partition coefficient (Wildman–Crippen LogP) is 4.42. The van der Waals surface area contributed by atoms with Crippen molar-refractivity contribution in [3.63, 3.8) is 0 Å². The van der Waals surface area contributed by atoms with Crippen LogP contribution in [0.5, 0.6) is 0 Å². The van der Waals surface area contributed by atoms with Crippen molar-refractivity contribution < 1.29 is 18.1 Å². The van der Waals surface area contributed by atoms with Crippen LogP contribution in [0.1, 0.15) is 33.2 Å². The highest BCUT2D eigenvalue weighted by Gasteiger charge is 2.17. The molecule has 1 amide bonds. The van der Waals surface area contributed by atoms with Gasteiger partial charge < -0.3 is 15.2 Å². The highest BCUT2D eigenvalue weighted by Crippen LogP contribution is 2.23. The number of amides is 1. The van der Waals surface area contributed by atoms with Gasteiger partial charge in [0.05, 0.1) is 11.9 Å². The highest BCUT2D eigenvalue weighted by molar-refractivity contribution is 5.92. The summed E-state index contributed by atoms with van der Waals surface area (Å²) in [6, 6.07) is 10.8. The number of carbonyl (C=O) groups is 1. The molecule has 198 valence electrons. The van der Waals surface area contributed by atoms with Crippen molar-refractivity contribution in [1.29, 1.82) is 5.26 Å². The number of pyridine rings is 3. The van der Waals surface area contributed by atoms with Crippen LogP contribution in [0, 0.1) is 36.8 Å². The minimum atomic E-state index is -0.854. The van der Waals surface area contributed by atoms with E-state index in [1.807, 2.05) is 6.07 Å². The number of anilines is 2. The number of hydrogen-bond donors (Lipinski definition) is 2. The average molecular weight is 540 g/mol. The number of nitriles is 1. The van der Waals surface area contributed by atoms with Gasteiger partial charge in [-0.1, -0.05) is 11.2 Å². The van der Waals surface area contributed by atoms with Gasteiger partial charge in [0.25, 0.3) is 5.91 Å². The second kappa shape index (κ2) is 11.0. The van der Waals surface area contributed by atoms with Crippen LogP contribution in [-0.2, 0) is 6.54 Å². The SMILES string of the molecule is Cc1cc(Nc2cc(C#N)on2)nc(-c2cnc(C(=O)NCc3ccc(-c4cc(F)cnc4C)nc3)c(F)c2)n1. The lowest BCUT2D eigenvalue weighted by Gasteiger charge is -2.09. The number of nitrogens with zero attached hydrogens (tertiary/aromatic N) is 7. The highest BCUT2D eigenvalue weighted by atomic mass is 19.1. The van der Waals surface area contributed by atoms with Crippen LogP contribution in [0.3, 0.4) is 0 Å². The Morgan fingerprint density at radius 3 is 2.58 bits per heavy atom. The fourth-order valence-electron chi connectivity index (χ4n) is 3.73. The quantitative estimate of drug-likeness (QED) is 0.303. The lowest BCUT2D eigenvalue weighted by Crippen LogP contribution is -2.25. The second-order valence-electron chi connectivity index (χ2n) is 8.61. The van der Waals surface area contributed by atoms with E-state index in [4.69, 9.17) is 9.78 Å². The van der Waals surface area contributed by atoms with Crippen molar-refractivity contribution in [2.24, 2.45) is 0 Å². The van der Waals surface area contributed by atoms with Crippen LogP contribution in [-0.4, -0.2) is 36.0 Å². The molecule has 5 heterocycles. The maximum Gasteiger partial charge on any atom is 0.273 e. The molecule has 0 spiro atoms. The molecule has 0 aliphatic carbocycles. The Hall–Kier alpha value is -5.64. The van der Waals surface area contributed by atoms with Gasteiger partial charge in [0.15, 0.2) is 23.2 Å². The van der Waals surface area contributed by atoms with Gasteiger partial charge in [0.1, 0.15) is 17.7 Å². The zero-order valence-corrected chi connectivity index (χ0v) is 21.1. The van der Waals surface area contributed by atoms with Gasteiger partial charge >= 0.3 is 0 Å². The molecule has 0 atom stereocenters.